The number of phenolic OH excluding ortho intramolecular Hbond substituents is 1. The molecule has 2 aromatic carbocycles. The van der Waals surface area contributed by atoms with Gasteiger partial charge in [0, 0.05) is 6.07 Å². The number of nitrogens with zero attached hydrogens (tertiary/aromatic N) is 3. The van der Waals surface area contributed by atoms with Crippen LogP contribution in [0.2, 0.25) is 0 Å². The molecule has 1 heterocycles. The van der Waals surface area contributed by atoms with Crippen LogP contribution < -0.4 is 0 Å². The lowest BCUT2D eigenvalue weighted by Crippen LogP contribution is -1.94. The van der Waals surface area contributed by atoms with Gasteiger partial charge in [0.05, 0.1) is 27.9 Å². The lowest BCUT2D eigenvalue weighted by Gasteiger charge is -2.04. The second kappa shape index (κ2) is 4.58. The Morgan fingerprint density at radius 1 is 1.10 bits per heavy atom. The average molecular weight is 267 g/mol. The normalized spacial score (nSPS) is 10.6. The highest BCUT2D eigenvalue weighted by molar-refractivity contribution is 5.83. The number of rotatable bonds is 2. The second-order valence-corrected chi connectivity index (χ2v) is 4.17. The van der Waals surface area contributed by atoms with E-state index in [0.717, 1.165) is 0 Å². The first-order valence-corrected chi connectivity index (χ1v) is 5.85. The van der Waals surface area contributed by atoms with Crippen LogP contribution in [-0.4, -0.2) is 20.0 Å². The van der Waals surface area contributed by atoms with Crippen molar-refractivity contribution in [2.45, 2.75) is 0 Å². The van der Waals surface area contributed by atoms with Crippen LogP contribution in [0.1, 0.15) is 0 Å². The van der Waals surface area contributed by atoms with Gasteiger partial charge in [-0.3, -0.25) is 10.1 Å². The number of fused-ring (bicyclic) bond motifs is 1. The molecular weight excluding hydrogens is 258 g/mol. The van der Waals surface area contributed by atoms with Crippen molar-refractivity contribution >= 4 is 16.7 Å². The van der Waals surface area contributed by atoms with E-state index in [2.05, 4.69) is 9.97 Å². The summed E-state index contributed by atoms with van der Waals surface area (Å²) in [6, 6.07) is 11.2. The maximum atomic E-state index is 11.0. The summed E-state index contributed by atoms with van der Waals surface area (Å²) >= 11 is 0. The molecule has 0 aliphatic carbocycles. The van der Waals surface area contributed by atoms with E-state index in [1.165, 1.54) is 18.3 Å². The molecule has 0 atom stereocenters. The maximum Gasteiger partial charge on any atom is 0.278 e. The van der Waals surface area contributed by atoms with Gasteiger partial charge in [-0.15, -0.1) is 0 Å². The first kappa shape index (κ1) is 12.0. The predicted octanol–water partition coefficient (Wildman–Crippen LogP) is 2.91. The van der Waals surface area contributed by atoms with E-state index in [4.69, 9.17) is 0 Å². The summed E-state index contributed by atoms with van der Waals surface area (Å²) in [7, 11) is 0. The van der Waals surface area contributed by atoms with Crippen molar-refractivity contribution in [2.24, 2.45) is 0 Å². The molecule has 0 bridgehead atoms. The Hall–Kier alpha value is -3.02. The van der Waals surface area contributed by atoms with Crippen molar-refractivity contribution < 1.29 is 10.0 Å². The van der Waals surface area contributed by atoms with E-state index in [0.29, 0.717) is 22.3 Å². The Kier molecular flexibility index (Phi) is 2.76. The summed E-state index contributed by atoms with van der Waals surface area (Å²) in [5.41, 5.74) is 1.63. The van der Waals surface area contributed by atoms with Crippen LogP contribution in [0.15, 0.2) is 48.7 Å². The molecule has 0 saturated carbocycles. The van der Waals surface area contributed by atoms with Gasteiger partial charge in [-0.2, -0.15) is 0 Å². The number of hydrogen-bond donors (Lipinski definition) is 1. The van der Waals surface area contributed by atoms with Crippen LogP contribution in [0.4, 0.5) is 5.69 Å². The minimum absolute atomic E-state index is 0.0266. The van der Waals surface area contributed by atoms with Gasteiger partial charge in [-0.25, -0.2) is 9.97 Å². The molecule has 0 fully saturated rings. The average Bonchev–Trinajstić information content (AvgIpc) is 2.47. The zero-order valence-corrected chi connectivity index (χ0v) is 10.2. The number of nitro benzene ring substituents is 1. The van der Waals surface area contributed by atoms with Crippen LogP contribution in [-0.2, 0) is 0 Å². The third-order valence-corrected chi connectivity index (χ3v) is 2.93. The molecule has 98 valence electrons. The summed E-state index contributed by atoms with van der Waals surface area (Å²) in [6.45, 7) is 0. The molecule has 0 aliphatic heterocycles. The first-order chi connectivity index (χ1) is 9.66. The zero-order valence-electron chi connectivity index (χ0n) is 10.2. The van der Waals surface area contributed by atoms with E-state index in [1.54, 1.807) is 30.3 Å². The fraction of sp³-hybridized carbons (Fsp3) is 0. The van der Waals surface area contributed by atoms with Gasteiger partial charge in [-0.05, 0) is 18.2 Å². The van der Waals surface area contributed by atoms with E-state index in [1.807, 2.05) is 0 Å². The number of aromatic nitrogens is 2. The van der Waals surface area contributed by atoms with Crippen LogP contribution in [0.3, 0.4) is 0 Å². The van der Waals surface area contributed by atoms with E-state index >= 15 is 0 Å². The second-order valence-electron chi connectivity index (χ2n) is 4.17. The fourth-order valence-corrected chi connectivity index (χ4v) is 2.01. The lowest BCUT2D eigenvalue weighted by molar-refractivity contribution is -0.384. The summed E-state index contributed by atoms with van der Waals surface area (Å²) in [5, 5.41) is 20.7. The van der Waals surface area contributed by atoms with Gasteiger partial charge in [0.15, 0.2) is 0 Å². The molecule has 3 aromatic rings. The van der Waals surface area contributed by atoms with Gasteiger partial charge < -0.3 is 5.11 Å². The highest BCUT2D eigenvalue weighted by Gasteiger charge is 2.16. The molecule has 0 spiro atoms. The molecule has 0 saturated heterocycles. The van der Waals surface area contributed by atoms with Gasteiger partial charge in [0.25, 0.3) is 5.69 Å². The Morgan fingerprint density at radius 2 is 1.90 bits per heavy atom. The Labute approximate surface area is 113 Å². The summed E-state index contributed by atoms with van der Waals surface area (Å²) < 4.78 is 0. The van der Waals surface area contributed by atoms with Crippen LogP contribution in [0, 0.1) is 10.1 Å². The van der Waals surface area contributed by atoms with Crippen molar-refractivity contribution in [1.82, 2.24) is 9.97 Å². The largest absolute Gasteiger partial charge is 0.506 e. The minimum Gasteiger partial charge on any atom is -0.506 e. The summed E-state index contributed by atoms with van der Waals surface area (Å²) in [5.74, 6) is 0.0316. The number of para-hydroxylation sites is 2. The third-order valence-electron chi connectivity index (χ3n) is 2.93. The van der Waals surface area contributed by atoms with Crippen molar-refractivity contribution in [1.29, 1.82) is 0 Å². The summed E-state index contributed by atoms with van der Waals surface area (Å²) in [4.78, 5) is 19.0. The number of phenols is 1. The van der Waals surface area contributed by atoms with E-state index in [9.17, 15) is 15.2 Å². The number of hydrogen-bond acceptors (Lipinski definition) is 5. The van der Waals surface area contributed by atoms with E-state index in [-0.39, 0.29) is 11.4 Å². The molecule has 0 aliphatic rings. The Bertz CT molecular complexity index is 818. The molecule has 0 amide bonds. The smallest absolute Gasteiger partial charge is 0.278 e. The van der Waals surface area contributed by atoms with Crippen LogP contribution in [0.25, 0.3) is 22.3 Å². The molecular formula is C14H9N3O3. The van der Waals surface area contributed by atoms with Crippen molar-refractivity contribution in [3.05, 3.63) is 58.8 Å². The van der Waals surface area contributed by atoms with Crippen LogP contribution >= 0.6 is 0 Å². The Balaban J connectivity index is 2.23. The minimum atomic E-state index is -0.455. The van der Waals surface area contributed by atoms with Gasteiger partial charge >= 0.3 is 0 Å². The van der Waals surface area contributed by atoms with Crippen molar-refractivity contribution in [2.75, 3.05) is 0 Å². The van der Waals surface area contributed by atoms with Gasteiger partial charge in [0.1, 0.15) is 11.3 Å². The highest BCUT2D eigenvalue weighted by Crippen LogP contribution is 2.29. The van der Waals surface area contributed by atoms with E-state index < -0.39 is 4.92 Å². The monoisotopic (exact) mass is 267 g/mol. The topological polar surface area (TPSA) is 89.2 Å². The predicted molar refractivity (Wildman–Crippen MR) is 73.3 cm³/mol. The maximum absolute atomic E-state index is 11.0. The zero-order chi connectivity index (χ0) is 14.1. The van der Waals surface area contributed by atoms with Gasteiger partial charge in [0.2, 0.25) is 0 Å². The molecule has 6 heteroatoms. The molecule has 20 heavy (non-hydrogen) atoms. The van der Waals surface area contributed by atoms with Gasteiger partial charge in [-0.1, -0.05) is 18.2 Å². The van der Waals surface area contributed by atoms with Crippen LogP contribution in [0.5, 0.6) is 5.75 Å². The SMILES string of the molecule is O=[N+]([O-])c1ccccc1-c1cnc2c(O)cccc2n1. The third kappa shape index (κ3) is 1.93. The van der Waals surface area contributed by atoms with Crippen molar-refractivity contribution in [3.8, 4) is 17.0 Å². The lowest BCUT2D eigenvalue weighted by atomic mass is 10.1. The quantitative estimate of drug-likeness (QED) is 0.569. The molecule has 1 N–H and O–H groups in total. The molecule has 1 aromatic heterocycles. The fourth-order valence-electron chi connectivity index (χ4n) is 2.01. The highest BCUT2D eigenvalue weighted by atomic mass is 16.6. The Morgan fingerprint density at radius 3 is 2.70 bits per heavy atom. The first-order valence-electron chi connectivity index (χ1n) is 5.85. The molecule has 0 radical (unpaired) electrons. The number of benzene rings is 2. The molecule has 6 nitrogen and oxygen atoms in total. The summed E-state index contributed by atoms with van der Waals surface area (Å²) in [6.07, 6.45) is 1.42. The molecule has 3 rings (SSSR count). The number of aromatic hydroxyl groups is 1. The standard InChI is InChI=1S/C14H9N3O3/c18-13-7-3-5-10-14(13)15-8-11(16-10)9-4-1-2-6-12(9)17(19)20/h1-8,18H. The number of nitro groups is 1. The van der Waals surface area contributed by atoms with Crippen molar-refractivity contribution in [3.63, 3.8) is 0 Å². The molecule has 0 unspecified atom stereocenters.